The van der Waals surface area contributed by atoms with Gasteiger partial charge in [0.05, 0.1) is 0 Å². The number of amides is 1. The van der Waals surface area contributed by atoms with Gasteiger partial charge in [-0.15, -0.1) is 0 Å². The summed E-state index contributed by atoms with van der Waals surface area (Å²) in [6, 6.07) is 0. The predicted octanol–water partition coefficient (Wildman–Crippen LogP) is 1.14. The largest absolute Gasteiger partial charge is 0.357 e. The maximum absolute atomic E-state index is 11.6. The van der Waals surface area contributed by atoms with E-state index in [9.17, 15) is 4.79 Å². The Labute approximate surface area is 141 Å². The van der Waals surface area contributed by atoms with Crippen LogP contribution in [0.1, 0.15) is 39.5 Å². The molecule has 1 aliphatic rings. The van der Waals surface area contributed by atoms with E-state index < -0.39 is 0 Å². The van der Waals surface area contributed by atoms with E-state index >= 15 is 0 Å². The minimum absolute atomic E-state index is 0.0152. The topological polar surface area (TPSA) is 60.0 Å². The molecule has 0 saturated carbocycles. The summed E-state index contributed by atoms with van der Waals surface area (Å²) in [5.74, 6) is 1.60. The minimum atomic E-state index is 0.0152. The van der Waals surface area contributed by atoms with Gasteiger partial charge < -0.3 is 20.4 Å². The quantitative estimate of drug-likeness (QED) is 0.399. The second kappa shape index (κ2) is 11.3. The molecule has 1 heterocycles. The Morgan fingerprint density at radius 3 is 2.74 bits per heavy atom. The second-order valence-electron chi connectivity index (χ2n) is 6.67. The fourth-order valence-corrected chi connectivity index (χ4v) is 2.79. The molecule has 2 N–H and O–H groups in total. The van der Waals surface area contributed by atoms with Gasteiger partial charge in [-0.05, 0) is 51.6 Å². The molecule has 1 rings (SSSR count). The van der Waals surface area contributed by atoms with Gasteiger partial charge in [-0.25, -0.2) is 4.99 Å². The van der Waals surface area contributed by atoms with Crippen molar-refractivity contribution in [1.82, 2.24) is 20.4 Å². The Bertz CT molecular complexity index is 370. The first-order valence-electron chi connectivity index (χ1n) is 8.97. The molecule has 0 aromatic carbocycles. The van der Waals surface area contributed by atoms with Crippen molar-refractivity contribution in [2.45, 2.75) is 39.5 Å². The van der Waals surface area contributed by atoms with Crippen molar-refractivity contribution >= 4 is 11.9 Å². The van der Waals surface area contributed by atoms with E-state index in [-0.39, 0.29) is 12.5 Å². The lowest BCUT2D eigenvalue weighted by molar-refractivity contribution is -0.127. The number of nitrogens with zero attached hydrogens (tertiary/aromatic N) is 3. The van der Waals surface area contributed by atoms with Crippen molar-refractivity contribution in [2.75, 3.05) is 53.4 Å². The zero-order valence-electron chi connectivity index (χ0n) is 15.4. The number of nitrogens with one attached hydrogen (secondary N) is 2. The van der Waals surface area contributed by atoms with Gasteiger partial charge in [-0.3, -0.25) is 4.79 Å². The molecule has 0 aliphatic carbocycles. The van der Waals surface area contributed by atoms with Crippen molar-refractivity contribution in [1.29, 1.82) is 0 Å². The van der Waals surface area contributed by atoms with Crippen LogP contribution in [-0.2, 0) is 4.79 Å². The zero-order chi connectivity index (χ0) is 17.1. The zero-order valence-corrected chi connectivity index (χ0v) is 15.4. The molecule has 1 unspecified atom stereocenters. The number of piperidine rings is 1. The number of hydrogen-bond donors (Lipinski definition) is 2. The van der Waals surface area contributed by atoms with Crippen molar-refractivity contribution in [3.05, 3.63) is 0 Å². The molecule has 0 aromatic rings. The van der Waals surface area contributed by atoms with Crippen LogP contribution in [0.3, 0.4) is 0 Å². The molecule has 0 aromatic heterocycles. The molecule has 134 valence electrons. The SMILES string of the molecule is CCNC(=NCC(=O)N(C)C)NCCCCN1CCCC(C)C1. The normalized spacial score (nSPS) is 19.5. The van der Waals surface area contributed by atoms with Crippen molar-refractivity contribution in [2.24, 2.45) is 10.9 Å². The highest BCUT2D eigenvalue weighted by Crippen LogP contribution is 2.15. The van der Waals surface area contributed by atoms with Crippen LogP contribution in [0.15, 0.2) is 4.99 Å². The van der Waals surface area contributed by atoms with Crippen LogP contribution in [0.4, 0.5) is 0 Å². The van der Waals surface area contributed by atoms with Crippen molar-refractivity contribution < 1.29 is 4.79 Å². The van der Waals surface area contributed by atoms with Crippen LogP contribution >= 0.6 is 0 Å². The number of carbonyl (C=O) groups excluding carboxylic acids is 1. The van der Waals surface area contributed by atoms with Gasteiger partial charge in [0.2, 0.25) is 5.91 Å². The first-order chi connectivity index (χ1) is 11.0. The number of likely N-dealkylation sites (N-methyl/N-ethyl adjacent to an activating group) is 1. The number of hydrogen-bond acceptors (Lipinski definition) is 3. The van der Waals surface area contributed by atoms with E-state index in [1.165, 1.54) is 38.9 Å². The molecule has 1 saturated heterocycles. The van der Waals surface area contributed by atoms with Crippen LogP contribution in [-0.4, -0.2) is 75.0 Å². The van der Waals surface area contributed by atoms with Crippen LogP contribution in [0.5, 0.6) is 0 Å². The number of carbonyl (C=O) groups is 1. The number of guanidine groups is 1. The molecular weight excluding hydrogens is 290 g/mol. The highest BCUT2D eigenvalue weighted by Gasteiger charge is 2.15. The number of aliphatic imine (C=N–C) groups is 1. The third kappa shape index (κ3) is 8.79. The standard InChI is InChI=1S/C17H35N5O/c1-5-18-17(20-13-16(23)21(3)4)19-10-6-7-11-22-12-8-9-15(2)14-22/h15H,5-14H2,1-4H3,(H2,18,19,20). The Balaban J connectivity index is 2.19. The van der Waals surface area contributed by atoms with E-state index in [0.29, 0.717) is 0 Å². The predicted molar refractivity (Wildman–Crippen MR) is 96.7 cm³/mol. The minimum Gasteiger partial charge on any atom is -0.357 e. The van der Waals surface area contributed by atoms with Gasteiger partial charge in [0.1, 0.15) is 6.54 Å². The van der Waals surface area contributed by atoms with Crippen LogP contribution in [0.2, 0.25) is 0 Å². The molecule has 0 spiro atoms. The van der Waals surface area contributed by atoms with E-state index in [0.717, 1.165) is 31.4 Å². The maximum atomic E-state index is 11.6. The lowest BCUT2D eigenvalue weighted by atomic mass is 10.0. The van der Waals surface area contributed by atoms with Gasteiger partial charge in [-0.1, -0.05) is 6.92 Å². The highest BCUT2D eigenvalue weighted by molar-refractivity contribution is 5.84. The number of likely N-dealkylation sites (tertiary alicyclic amines) is 1. The Kier molecular flexibility index (Phi) is 9.67. The summed E-state index contributed by atoms with van der Waals surface area (Å²) in [6.07, 6.45) is 5.05. The summed E-state index contributed by atoms with van der Waals surface area (Å²) in [7, 11) is 3.50. The van der Waals surface area contributed by atoms with E-state index in [1.54, 1.807) is 19.0 Å². The molecule has 23 heavy (non-hydrogen) atoms. The first-order valence-corrected chi connectivity index (χ1v) is 8.97. The van der Waals surface area contributed by atoms with E-state index in [2.05, 4.69) is 27.4 Å². The van der Waals surface area contributed by atoms with Gasteiger partial charge in [0.25, 0.3) is 0 Å². The summed E-state index contributed by atoms with van der Waals surface area (Å²) in [5.41, 5.74) is 0. The molecular formula is C17H35N5O. The Morgan fingerprint density at radius 2 is 2.09 bits per heavy atom. The fraction of sp³-hybridized carbons (Fsp3) is 0.882. The summed E-state index contributed by atoms with van der Waals surface area (Å²) in [5, 5.41) is 6.49. The highest BCUT2D eigenvalue weighted by atomic mass is 16.2. The van der Waals surface area contributed by atoms with E-state index in [4.69, 9.17) is 0 Å². The molecule has 0 radical (unpaired) electrons. The fourth-order valence-electron chi connectivity index (χ4n) is 2.79. The van der Waals surface area contributed by atoms with Crippen LogP contribution < -0.4 is 10.6 Å². The second-order valence-corrected chi connectivity index (χ2v) is 6.67. The first kappa shape index (κ1) is 19.7. The summed E-state index contributed by atoms with van der Waals surface area (Å²) < 4.78 is 0. The monoisotopic (exact) mass is 325 g/mol. The van der Waals surface area contributed by atoms with E-state index in [1.807, 2.05) is 6.92 Å². The molecule has 1 atom stereocenters. The molecule has 1 aliphatic heterocycles. The van der Waals surface area contributed by atoms with Gasteiger partial charge in [-0.2, -0.15) is 0 Å². The number of rotatable bonds is 8. The third-order valence-corrected chi connectivity index (χ3v) is 4.15. The van der Waals surface area contributed by atoms with Gasteiger partial charge in [0, 0.05) is 33.7 Å². The van der Waals surface area contributed by atoms with Crippen LogP contribution in [0, 0.1) is 5.92 Å². The summed E-state index contributed by atoms with van der Waals surface area (Å²) in [6.45, 7) is 9.97. The molecule has 1 fully saturated rings. The van der Waals surface area contributed by atoms with Crippen molar-refractivity contribution in [3.8, 4) is 0 Å². The summed E-state index contributed by atoms with van der Waals surface area (Å²) in [4.78, 5) is 20.1. The molecule has 6 heteroatoms. The lowest BCUT2D eigenvalue weighted by Crippen LogP contribution is -2.39. The Morgan fingerprint density at radius 1 is 1.30 bits per heavy atom. The smallest absolute Gasteiger partial charge is 0.243 e. The van der Waals surface area contributed by atoms with Crippen molar-refractivity contribution in [3.63, 3.8) is 0 Å². The average molecular weight is 326 g/mol. The lowest BCUT2D eigenvalue weighted by Gasteiger charge is -2.30. The summed E-state index contributed by atoms with van der Waals surface area (Å²) >= 11 is 0. The molecule has 1 amide bonds. The van der Waals surface area contributed by atoms with Gasteiger partial charge in [0.15, 0.2) is 5.96 Å². The van der Waals surface area contributed by atoms with Crippen LogP contribution in [0.25, 0.3) is 0 Å². The average Bonchev–Trinajstić information content (AvgIpc) is 2.51. The maximum Gasteiger partial charge on any atom is 0.243 e. The number of unbranched alkanes of at least 4 members (excludes halogenated alkanes) is 1. The third-order valence-electron chi connectivity index (χ3n) is 4.15. The molecule has 0 bridgehead atoms. The van der Waals surface area contributed by atoms with Gasteiger partial charge >= 0.3 is 0 Å². The molecule has 6 nitrogen and oxygen atoms in total. The Hall–Kier alpha value is -1.30.